The Hall–Kier alpha value is -1.92. The second-order valence-corrected chi connectivity index (χ2v) is 5.36. The molecule has 0 saturated heterocycles. The molecule has 110 valence electrons. The van der Waals surface area contributed by atoms with E-state index in [4.69, 9.17) is 16.3 Å². The van der Waals surface area contributed by atoms with Crippen molar-refractivity contribution >= 4 is 40.5 Å². The highest BCUT2D eigenvalue weighted by molar-refractivity contribution is 7.08. The van der Waals surface area contributed by atoms with Gasteiger partial charge in [-0.3, -0.25) is 4.79 Å². The van der Waals surface area contributed by atoms with Crippen LogP contribution in [-0.2, 0) is 9.53 Å². The van der Waals surface area contributed by atoms with Gasteiger partial charge in [0.05, 0.1) is 10.6 Å². The summed E-state index contributed by atoms with van der Waals surface area (Å²) in [5.41, 5.74) is 0.717. The molecule has 2 aromatic rings. The zero-order valence-corrected chi connectivity index (χ0v) is 12.5. The maximum Gasteiger partial charge on any atom is 0.339 e. The number of carbonyl (C=O) groups excluding carboxylic acids is 2. The number of thiophene rings is 1. The van der Waals surface area contributed by atoms with Crippen molar-refractivity contribution < 1.29 is 18.7 Å². The summed E-state index contributed by atoms with van der Waals surface area (Å²) in [5.74, 6) is -1.68. The van der Waals surface area contributed by atoms with E-state index < -0.39 is 23.8 Å². The number of rotatable bonds is 4. The lowest BCUT2D eigenvalue weighted by Crippen LogP contribution is -2.29. The molecule has 0 bridgehead atoms. The number of hydrogen-bond donors (Lipinski definition) is 1. The fourth-order valence-corrected chi connectivity index (χ4v) is 2.29. The number of amides is 1. The van der Waals surface area contributed by atoms with E-state index in [1.165, 1.54) is 30.4 Å². The first-order chi connectivity index (χ1) is 9.97. The Morgan fingerprint density at radius 2 is 2.14 bits per heavy atom. The molecular formula is C14H11ClFNO3S. The van der Waals surface area contributed by atoms with Gasteiger partial charge in [-0.1, -0.05) is 11.6 Å². The standard InChI is InChI=1S/C14H11ClFNO3S/c1-8(20-14(19)9-4-5-21-7-9)13(18)17-10-2-3-12(16)11(15)6-10/h2-8H,1H3,(H,17,18)/t8-/m1/s1. The summed E-state index contributed by atoms with van der Waals surface area (Å²) in [5, 5.41) is 5.76. The molecule has 0 spiro atoms. The van der Waals surface area contributed by atoms with E-state index in [0.29, 0.717) is 11.3 Å². The van der Waals surface area contributed by atoms with Crippen molar-refractivity contribution in [3.63, 3.8) is 0 Å². The summed E-state index contributed by atoms with van der Waals surface area (Å²) in [6.45, 7) is 1.45. The number of carbonyl (C=O) groups is 2. The van der Waals surface area contributed by atoms with Crippen LogP contribution in [0, 0.1) is 5.82 Å². The van der Waals surface area contributed by atoms with Crippen LogP contribution in [0.3, 0.4) is 0 Å². The topological polar surface area (TPSA) is 55.4 Å². The monoisotopic (exact) mass is 327 g/mol. The van der Waals surface area contributed by atoms with E-state index in [1.54, 1.807) is 16.8 Å². The molecule has 0 aliphatic heterocycles. The Bertz CT molecular complexity index is 660. The molecule has 0 saturated carbocycles. The van der Waals surface area contributed by atoms with Gasteiger partial charge in [-0.15, -0.1) is 0 Å². The quantitative estimate of drug-likeness (QED) is 0.871. The van der Waals surface area contributed by atoms with Crippen molar-refractivity contribution in [2.75, 3.05) is 5.32 Å². The molecule has 21 heavy (non-hydrogen) atoms. The molecule has 1 amide bonds. The van der Waals surface area contributed by atoms with Crippen molar-refractivity contribution in [2.45, 2.75) is 13.0 Å². The molecular weight excluding hydrogens is 317 g/mol. The first-order valence-corrected chi connectivity index (χ1v) is 7.28. The van der Waals surface area contributed by atoms with Crippen LogP contribution < -0.4 is 5.32 Å². The average molecular weight is 328 g/mol. The van der Waals surface area contributed by atoms with Gasteiger partial charge in [0.1, 0.15) is 5.82 Å². The van der Waals surface area contributed by atoms with Gasteiger partial charge in [-0.2, -0.15) is 11.3 Å². The SMILES string of the molecule is C[C@@H](OC(=O)c1ccsc1)C(=O)Nc1ccc(F)c(Cl)c1. The Labute approximate surface area is 129 Å². The molecule has 0 aliphatic rings. The Morgan fingerprint density at radius 3 is 2.76 bits per heavy atom. The minimum atomic E-state index is -0.985. The summed E-state index contributed by atoms with van der Waals surface area (Å²) in [6.07, 6.45) is -0.985. The molecule has 7 heteroatoms. The van der Waals surface area contributed by atoms with E-state index in [1.807, 2.05) is 0 Å². The lowest BCUT2D eigenvalue weighted by Gasteiger charge is -2.13. The largest absolute Gasteiger partial charge is 0.449 e. The fourth-order valence-electron chi connectivity index (χ4n) is 1.48. The summed E-state index contributed by atoms with van der Waals surface area (Å²) in [4.78, 5) is 23.6. The number of halogens is 2. The zero-order chi connectivity index (χ0) is 15.4. The summed E-state index contributed by atoms with van der Waals surface area (Å²) >= 11 is 6.98. The lowest BCUT2D eigenvalue weighted by molar-refractivity contribution is -0.123. The first kappa shape index (κ1) is 15.5. The first-order valence-electron chi connectivity index (χ1n) is 5.96. The van der Waals surface area contributed by atoms with E-state index in [-0.39, 0.29) is 5.02 Å². The molecule has 0 aliphatic carbocycles. The van der Waals surface area contributed by atoms with Crippen LogP contribution in [-0.4, -0.2) is 18.0 Å². The molecule has 1 heterocycles. The number of nitrogens with one attached hydrogen (secondary N) is 1. The van der Waals surface area contributed by atoms with Gasteiger partial charge in [0.25, 0.3) is 5.91 Å². The van der Waals surface area contributed by atoms with Crippen molar-refractivity contribution in [2.24, 2.45) is 0 Å². The van der Waals surface area contributed by atoms with Crippen molar-refractivity contribution in [3.8, 4) is 0 Å². The van der Waals surface area contributed by atoms with Crippen molar-refractivity contribution in [1.82, 2.24) is 0 Å². The third-order valence-electron chi connectivity index (χ3n) is 2.60. The average Bonchev–Trinajstić information content (AvgIpc) is 2.97. The van der Waals surface area contributed by atoms with Crippen LogP contribution in [0.15, 0.2) is 35.0 Å². The Kier molecular flexibility index (Phi) is 4.93. The highest BCUT2D eigenvalue weighted by Crippen LogP contribution is 2.19. The number of esters is 1. The summed E-state index contributed by atoms with van der Waals surface area (Å²) in [6, 6.07) is 5.39. The lowest BCUT2D eigenvalue weighted by atomic mass is 10.3. The highest BCUT2D eigenvalue weighted by atomic mass is 35.5. The molecule has 0 radical (unpaired) electrons. The highest BCUT2D eigenvalue weighted by Gasteiger charge is 2.19. The van der Waals surface area contributed by atoms with Crippen molar-refractivity contribution in [3.05, 3.63) is 51.4 Å². The minimum absolute atomic E-state index is 0.101. The van der Waals surface area contributed by atoms with E-state index in [2.05, 4.69) is 5.32 Å². The summed E-state index contributed by atoms with van der Waals surface area (Å²) < 4.78 is 18.0. The van der Waals surface area contributed by atoms with Gasteiger partial charge in [-0.05, 0) is 36.6 Å². The normalized spacial score (nSPS) is 11.8. The second kappa shape index (κ2) is 6.69. The van der Waals surface area contributed by atoms with Crippen LogP contribution >= 0.6 is 22.9 Å². The molecule has 1 aromatic carbocycles. The number of anilines is 1. The van der Waals surface area contributed by atoms with Crippen LogP contribution in [0.1, 0.15) is 17.3 Å². The molecule has 0 unspecified atom stereocenters. The van der Waals surface area contributed by atoms with Gasteiger partial charge < -0.3 is 10.1 Å². The Balaban J connectivity index is 1.96. The minimum Gasteiger partial charge on any atom is -0.449 e. The predicted octanol–water partition coefficient (Wildman–Crippen LogP) is 3.72. The number of ether oxygens (including phenoxy) is 1. The van der Waals surface area contributed by atoms with Crippen molar-refractivity contribution in [1.29, 1.82) is 0 Å². The van der Waals surface area contributed by atoms with Gasteiger partial charge in [0.15, 0.2) is 6.10 Å². The molecule has 4 nitrogen and oxygen atoms in total. The maximum atomic E-state index is 13.0. The summed E-state index contributed by atoms with van der Waals surface area (Å²) in [7, 11) is 0. The third-order valence-corrected chi connectivity index (χ3v) is 3.57. The smallest absolute Gasteiger partial charge is 0.339 e. The molecule has 0 fully saturated rings. The fraction of sp³-hybridized carbons (Fsp3) is 0.143. The number of hydrogen-bond acceptors (Lipinski definition) is 4. The molecule has 1 atom stereocenters. The number of benzene rings is 1. The van der Waals surface area contributed by atoms with Gasteiger partial charge in [0.2, 0.25) is 0 Å². The van der Waals surface area contributed by atoms with Crippen LogP contribution in [0.4, 0.5) is 10.1 Å². The molecule has 1 aromatic heterocycles. The van der Waals surface area contributed by atoms with E-state index in [0.717, 1.165) is 6.07 Å². The van der Waals surface area contributed by atoms with Gasteiger partial charge in [-0.25, -0.2) is 9.18 Å². The van der Waals surface area contributed by atoms with E-state index in [9.17, 15) is 14.0 Å². The van der Waals surface area contributed by atoms with Crippen LogP contribution in [0.25, 0.3) is 0 Å². The zero-order valence-electron chi connectivity index (χ0n) is 10.9. The Morgan fingerprint density at radius 1 is 1.38 bits per heavy atom. The van der Waals surface area contributed by atoms with Crippen LogP contribution in [0.2, 0.25) is 5.02 Å². The van der Waals surface area contributed by atoms with Crippen LogP contribution in [0.5, 0.6) is 0 Å². The third kappa shape index (κ3) is 4.03. The van der Waals surface area contributed by atoms with Gasteiger partial charge in [0, 0.05) is 11.1 Å². The predicted molar refractivity (Wildman–Crippen MR) is 79.2 cm³/mol. The second-order valence-electron chi connectivity index (χ2n) is 4.18. The molecule has 2 rings (SSSR count). The molecule has 1 N–H and O–H groups in total. The maximum absolute atomic E-state index is 13.0. The van der Waals surface area contributed by atoms with Gasteiger partial charge >= 0.3 is 5.97 Å². The van der Waals surface area contributed by atoms with E-state index >= 15 is 0 Å².